The van der Waals surface area contributed by atoms with Gasteiger partial charge in [0.2, 0.25) is 0 Å². The van der Waals surface area contributed by atoms with Crippen molar-refractivity contribution in [2.75, 3.05) is 5.73 Å². The van der Waals surface area contributed by atoms with E-state index in [1.54, 1.807) is 24.7 Å². The molecule has 15 heavy (non-hydrogen) atoms. The molecule has 2 heterocycles. The van der Waals surface area contributed by atoms with E-state index in [9.17, 15) is 0 Å². The molecule has 2 rings (SSSR count). The van der Waals surface area contributed by atoms with Crippen molar-refractivity contribution in [1.82, 2.24) is 14.4 Å². The van der Waals surface area contributed by atoms with Crippen LogP contribution in [0, 0.1) is 0 Å². The van der Waals surface area contributed by atoms with Crippen LogP contribution in [0.2, 0.25) is 0 Å². The number of anilines is 1. The fraction of sp³-hybridized carbons (Fsp3) is 0.0909. The highest BCUT2D eigenvalue weighted by atomic mass is 15.1. The largest absolute Gasteiger partial charge is 0.383 e. The third-order valence-electron chi connectivity index (χ3n) is 2.21. The number of hydrogen-bond donors (Lipinski definition) is 1. The van der Waals surface area contributed by atoms with E-state index in [1.807, 2.05) is 17.4 Å². The number of nitrogen functional groups attached to an aromatic ring is 1. The van der Waals surface area contributed by atoms with Crippen LogP contribution >= 0.6 is 0 Å². The van der Waals surface area contributed by atoms with Gasteiger partial charge < -0.3 is 5.73 Å². The van der Waals surface area contributed by atoms with E-state index >= 15 is 0 Å². The van der Waals surface area contributed by atoms with Crippen LogP contribution in [0.1, 0.15) is 12.6 Å². The van der Waals surface area contributed by atoms with Gasteiger partial charge in [0.25, 0.3) is 0 Å². The maximum atomic E-state index is 5.97. The highest BCUT2D eigenvalue weighted by Gasteiger charge is 2.09. The maximum Gasteiger partial charge on any atom is 0.157 e. The molecule has 0 spiro atoms. The summed E-state index contributed by atoms with van der Waals surface area (Å²) < 4.78 is 1.81. The molecular formula is C11H12N4. The summed E-state index contributed by atoms with van der Waals surface area (Å²) >= 11 is 0. The first kappa shape index (κ1) is 9.45. The van der Waals surface area contributed by atoms with E-state index in [0.717, 1.165) is 16.9 Å². The third-order valence-corrected chi connectivity index (χ3v) is 2.21. The lowest BCUT2D eigenvalue weighted by molar-refractivity contribution is 1.13. The maximum absolute atomic E-state index is 5.97. The van der Waals surface area contributed by atoms with Gasteiger partial charge in [-0.25, -0.2) is 4.98 Å². The van der Waals surface area contributed by atoms with Crippen molar-refractivity contribution in [2.45, 2.75) is 6.92 Å². The van der Waals surface area contributed by atoms with Crippen molar-refractivity contribution in [1.29, 1.82) is 0 Å². The molecule has 76 valence electrons. The summed E-state index contributed by atoms with van der Waals surface area (Å²) in [6.07, 6.45) is 8.76. The van der Waals surface area contributed by atoms with E-state index in [1.165, 1.54) is 0 Å². The number of nitrogens with zero attached hydrogens (tertiary/aromatic N) is 3. The molecule has 0 amide bonds. The quantitative estimate of drug-likeness (QED) is 0.753. The van der Waals surface area contributed by atoms with Gasteiger partial charge in [0.1, 0.15) is 11.5 Å². The average Bonchev–Trinajstić information content (AvgIpc) is 2.57. The minimum atomic E-state index is 0.628. The van der Waals surface area contributed by atoms with Gasteiger partial charge in [0.05, 0.1) is 6.20 Å². The predicted octanol–water partition coefficient (Wildman–Crippen LogP) is 1.90. The van der Waals surface area contributed by atoms with Crippen LogP contribution in [0.25, 0.3) is 11.2 Å². The molecule has 4 nitrogen and oxygen atoms in total. The molecule has 0 aliphatic rings. The van der Waals surface area contributed by atoms with Gasteiger partial charge in [0.15, 0.2) is 5.65 Å². The van der Waals surface area contributed by atoms with E-state index in [2.05, 4.69) is 16.5 Å². The Balaban J connectivity index is 2.68. The fourth-order valence-corrected chi connectivity index (χ4v) is 1.47. The SMILES string of the molecule is C=C/C=C(\C)c1nc2cnccn2c1N. The summed E-state index contributed by atoms with van der Waals surface area (Å²) in [5.41, 5.74) is 8.49. The van der Waals surface area contributed by atoms with Gasteiger partial charge in [-0.05, 0) is 12.5 Å². The lowest BCUT2D eigenvalue weighted by Crippen LogP contribution is -1.94. The van der Waals surface area contributed by atoms with Crippen LogP contribution in [0.15, 0.2) is 37.3 Å². The number of imidazole rings is 1. The van der Waals surface area contributed by atoms with Crippen molar-refractivity contribution in [2.24, 2.45) is 0 Å². The lowest BCUT2D eigenvalue weighted by atomic mass is 10.2. The first-order chi connectivity index (χ1) is 7.24. The van der Waals surface area contributed by atoms with Crippen LogP contribution in [0.3, 0.4) is 0 Å². The molecule has 0 bridgehead atoms. The zero-order chi connectivity index (χ0) is 10.8. The Morgan fingerprint density at radius 1 is 1.60 bits per heavy atom. The molecule has 0 atom stereocenters. The summed E-state index contributed by atoms with van der Waals surface area (Å²) in [4.78, 5) is 8.38. The van der Waals surface area contributed by atoms with Gasteiger partial charge in [-0.15, -0.1) is 0 Å². The fourth-order valence-electron chi connectivity index (χ4n) is 1.47. The van der Waals surface area contributed by atoms with Crippen molar-refractivity contribution < 1.29 is 0 Å². The highest BCUT2D eigenvalue weighted by Crippen LogP contribution is 2.21. The molecule has 0 aliphatic heterocycles. The topological polar surface area (TPSA) is 56.2 Å². The van der Waals surface area contributed by atoms with Crippen molar-refractivity contribution >= 4 is 17.0 Å². The minimum absolute atomic E-state index is 0.628. The Hall–Kier alpha value is -2.10. The van der Waals surface area contributed by atoms with Crippen molar-refractivity contribution in [3.8, 4) is 0 Å². The van der Waals surface area contributed by atoms with Gasteiger partial charge >= 0.3 is 0 Å². The summed E-state index contributed by atoms with van der Waals surface area (Å²) in [6.45, 7) is 5.60. The van der Waals surface area contributed by atoms with Gasteiger partial charge in [0, 0.05) is 12.4 Å². The normalized spacial score (nSPS) is 11.9. The molecule has 2 aromatic heterocycles. The zero-order valence-corrected chi connectivity index (χ0v) is 8.51. The number of nitrogens with two attached hydrogens (primary N) is 1. The third kappa shape index (κ3) is 1.50. The molecule has 0 radical (unpaired) electrons. The van der Waals surface area contributed by atoms with Crippen LogP contribution in [0.4, 0.5) is 5.82 Å². The molecule has 2 aromatic rings. The van der Waals surface area contributed by atoms with E-state index in [-0.39, 0.29) is 0 Å². The van der Waals surface area contributed by atoms with Crippen LogP contribution in [-0.4, -0.2) is 14.4 Å². The van der Waals surface area contributed by atoms with E-state index in [0.29, 0.717) is 5.82 Å². The minimum Gasteiger partial charge on any atom is -0.383 e. The molecule has 0 aromatic carbocycles. The lowest BCUT2D eigenvalue weighted by Gasteiger charge is -1.97. The average molecular weight is 200 g/mol. The second-order valence-electron chi connectivity index (χ2n) is 3.24. The van der Waals surface area contributed by atoms with Crippen molar-refractivity contribution in [3.05, 3.63) is 43.0 Å². The predicted molar refractivity (Wildman–Crippen MR) is 61.2 cm³/mol. The number of hydrogen-bond acceptors (Lipinski definition) is 3. The Morgan fingerprint density at radius 3 is 3.07 bits per heavy atom. The summed E-state index contributed by atoms with van der Waals surface area (Å²) in [6, 6.07) is 0. The van der Waals surface area contributed by atoms with Crippen molar-refractivity contribution in [3.63, 3.8) is 0 Å². The second-order valence-corrected chi connectivity index (χ2v) is 3.24. The first-order valence-electron chi connectivity index (χ1n) is 4.61. The first-order valence-corrected chi connectivity index (χ1v) is 4.61. The Labute approximate surface area is 87.8 Å². The molecule has 0 aliphatic carbocycles. The molecule has 4 heteroatoms. The number of aromatic nitrogens is 3. The Morgan fingerprint density at radius 2 is 2.40 bits per heavy atom. The standard InChI is InChI=1S/C11H12N4/c1-3-4-8(2)10-11(12)15-6-5-13-7-9(15)14-10/h3-7H,1,12H2,2H3/b8-4+. The monoisotopic (exact) mass is 200 g/mol. The molecule has 0 saturated carbocycles. The molecular weight excluding hydrogens is 188 g/mol. The van der Waals surface area contributed by atoms with Gasteiger partial charge in [-0.2, -0.15) is 0 Å². The second kappa shape index (κ2) is 3.57. The van der Waals surface area contributed by atoms with E-state index < -0.39 is 0 Å². The molecule has 0 saturated heterocycles. The zero-order valence-electron chi connectivity index (χ0n) is 8.51. The smallest absolute Gasteiger partial charge is 0.157 e. The molecule has 2 N–H and O–H groups in total. The Kier molecular flexibility index (Phi) is 2.25. The summed E-state index contributed by atoms with van der Waals surface area (Å²) in [5, 5.41) is 0. The summed E-state index contributed by atoms with van der Waals surface area (Å²) in [7, 11) is 0. The molecule has 0 fully saturated rings. The summed E-state index contributed by atoms with van der Waals surface area (Å²) in [5.74, 6) is 0.628. The van der Waals surface area contributed by atoms with Gasteiger partial charge in [-0.1, -0.05) is 18.7 Å². The van der Waals surface area contributed by atoms with Crippen LogP contribution in [0.5, 0.6) is 0 Å². The Bertz CT molecular complexity index is 537. The molecule has 0 unspecified atom stereocenters. The number of rotatable bonds is 2. The highest BCUT2D eigenvalue weighted by molar-refractivity contribution is 5.73. The van der Waals surface area contributed by atoms with E-state index in [4.69, 9.17) is 5.73 Å². The van der Waals surface area contributed by atoms with Crippen LogP contribution < -0.4 is 5.73 Å². The number of fused-ring (bicyclic) bond motifs is 1. The van der Waals surface area contributed by atoms with Crippen LogP contribution in [-0.2, 0) is 0 Å². The number of allylic oxidation sites excluding steroid dienone is 3. The van der Waals surface area contributed by atoms with Gasteiger partial charge in [-0.3, -0.25) is 9.38 Å².